The predicted molar refractivity (Wildman–Crippen MR) is 77.6 cm³/mol. The molecule has 0 heterocycles. The minimum absolute atomic E-state index is 0.145. The van der Waals surface area contributed by atoms with Gasteiger partial charge in [-0.3, -0.25) is 4.79 Å². The highest BCUT2D eigenvalue weighted by atomic mass is 16.4. The van der Waals surface area contributed by atoms with Crippen LogP contribution in [-0.4, -0.2) is 16.6 Å². The first-order valence-electron chi connectivity index (χ1n) is 7.05. The zero-order chi connectivity index (χ0) is 14.6. The van der Waals surface area contributed by atoms with Gasteiger partial charge in [-0.1, -0.05) is 19.3 Å². The van der Waals surface area contributed by atoms with E-state index >= 15 is 0 Å². The van der Waals surface area contributed by atoms with Gasteiger partial charge >= 0.3 is 5.97 Å². The fourth-order valence-corrected chi connectivity index (χ4v) is 3.04. The van der Waals surface area contributed by atoms with Crippen molar-refractivity contribution in [2.24, 2.45) is 0 Å². The summed E-state index contributed by atoms with van der Waals surface area (Å²) in [7, 11) is 0. The Bertz CT molecular complexity index is 540. The van der Waals surface area contributed by atoms with Gasteiger partial charge in [-0.15, -0.1) is 0 Å². The third-order valence-corrected chi connectivity index (χ3v) is 4.06. The van der Waals surface area contributed by atoms with Crippen molar-refractivity contribution in [1.29, 1.82) is 5.26 Å². The number of nitrogens with one attached hydrogen (secondary N) is 1. The Hall–Kier alpha value is -2.02. The predicted octanol–water partition coefficient (Wildman–Crippen LogP) is 3.46. The summed E-state index contributed by atoms with van der Waals surface area (Å²) in [4.78, 5) is 11.1. The average Bonchev–Trinajstić information content (AvgIpc) is 2.39. The highest BCUT2D eigenvalue weighted by Gasteiger charge is 2.34. The van der Waals surface area contributed by atoms with Gasteiger partial charge in [-0.25, -0.2) is 0 Å². The molecule has 4 nitrogen and oxygen atoms in total. The summed E-state index contributed by atoms with van der Waals surface area (Å²) in [5.41, 5.74) is 2.14. The van der Waals surface area contributed by atoms with Crippen molar-refractivity contribution in [3.05, 3.63) is 29.3 Å². The highest BCUT2D eigenvalue weighted by molar-refractivity contribution is 5.69. The molecule has 1 fully saturated rings. The summed E-state index contributed by atoms with van der Waals surface area (Å²) < 4.78 is 0. The minimum atomic E-state index is -0.759. The molecule has 4 heteroatoms. The van der Waals surface area contributed by atoms with Crippen molar-refractivity contribution < 1.29 is 9.90 Å². The van der Waals surface area contributed by atoms with Crippen molar-refractivity contribution >= 4 is 11.7 Å². The maximum Gasteiger partial charge on any atom is 0.305 e. The summed E-state index contributed by atoms with van der Waals surface area (Å²) in [5.74, 6) is -0.759. The molecule has 1 aliphatic rings. The maximum absolute atomic E-state index is 11.1. The quantitative estimate of drug-likeness (QED) is 0.880. The van der Waals surface area contributed by atoms with Crippen molar-refractivity contribution in [2.45, 2.75) is 51.0 Å². The molecule has 1 aromatic carbocycles. The SMILES string of the molecule is Cc1cc(NC2(CC(=O)O)CCCCC2)ccc1C#N. The van der Waals surface area contributed by atoms with Crippen LogP contribution in [-0.2, 0) is 4.79 Å². The maximum atomic E-state index is 11.1. The molecular weight excluding hydrogens is 252 g/mol. The molecule has 0 atom stereocenters. The molecular formula is C16H20N2O2. The van der Waals surface area contributed by atoms with E-state index in [2.05, 4.69) is 11.4 Å². The topological polar surface area (TPSA) is 73.1 Å². The van der Waals surface area contributed by atoms with E-state index < -0.39 is 5.97 Å². The van der Waals surface area contributed by atoms with Crippen molar-refractivity contribution in [1.82, 2.24) is 0 Å². The average molecular weight is 272 g/mol. The van der Waals surface area contributed by atoms with E-state index in [1.165, 1.54) is 6.42 Å². The molecule has 0 radical (unpaired) electrons. The first-order chi connectivity index (χ1) is 9.54. The molecule has 1 aromatic rings. The van der Waals surface area contributed by atoms with Gasteiger partial charge in [0.25, 0.3) is 0 Å². The lowest BCUT2D eigenvalue weighted by atomic mass is 9.79. The zero-order valence-corrected chi connectivity index (χ0v) is 11.8. The Morgan fingerprint density at radius 2 is 2.10 bits per heavy atom. The normalized spacial score (nSPS) is 17.2. The van der Waals surface area contributed by atoms with E-state index in [0.29, 0.717) is 5.56 Å². The summed E-state index contributed by atoms with van der Waals surface area (Å²) in [6.07, 6.45) is 5.23. The van der Waals surface area contributed by atoms with Gasteiger partial charge in [-0.2, -0.15) is 5.26 Å². The van der Waals surface area contributed by atoms with Crippen LogP contribution in [0, 0.1) is 18.3 Å². The van der Waals surface area contributed by atoms with Gasteiger partial charge in [0.2, 0.25) is 0 Å². The van der Waals surface area contributed by atoms with Crippen LogP contribution in [0.15, 0.2) is 18.2 Å². The molecule has 0 unspecified atom stereocenters. The molecule has 0 amide bonds. The second-order valence-electron chi connectivity index (χ2n) is 5.68. The first-order valence-corrected chi connectivity index (χ1v) is 7.05. The number of aliphatic carboxylic acids is 1. The summed E-state index contributed by atoms with van der Waals surface area (Å²) >= 11 is 0. The fourth-order valence-electron chi connectivity index (χ4n) is 3.04. The lowest BCUT2D eigenvalue weighted by Gasteiger charge is -2.38. The molecule has 20 heavy (non-hydrogen) atoms. The highest BCUT2D eigenvalue weighted by Crippen LogP contribution is 2.34. The third-order valence-electron chi connectivity index (χ3n) is 4.06. The number of benzene rings is 1. The zero-order valence-electron chi connectivity index (χ0n) is 11.8. The Balaban J connectivity index is 2.21. The van der Waals surface area contributed by atoms with Crippen LogP contribution < -0.4 is 5.32 Å². The summed E-state index contributed by atoms with van der Waals surface area (Å²) in [5, 5.41) is 21.5. The molecule has 0 spiro atoms. The van der Waals surface area contributed by atoms with Gasteiger partial charge in [0.05, 0.1) is 18.1 Å². The van der Waals surface area contributed by atoms with Crippen LogP contribution in [0.25, 0.3) is 0 Å². The number of anilines is 1. The number of carboxylic acid groups (broad SMARTS) is 1. The molecule has 1 saturated carbocycles. The Morgan fingerprint density at radius 1 is 1.40 bits per heavy atom. The number of carbonyl (C=O) groups is 1. The van der Waals surface area contributed by atoms with Crippen LogP contribution in [0.4, 0.5) is 5.69 Å². The number of nitriles is 1. The van der Waals surface area contributed by atoms with E-state index in [4.69, 9.17) is 10.4 Å². The van der Waals surface area contributed by atoms with Crippen molar-refractivity contribution in [3.8, 4) is 6.07 Å². The van der Waals surface area contributed by atoms with E-state index in [-0.39, 0.29) is 12.0 Å². The van der Waals surface area contributed by atoms with Gasteiger partial charge in [0, 0.05) is 11.2 Å². The lowest BCUT2D eigenvalue weighted by Crippen LogP contribution is -2.42. The van der Waals surface area contributed by atoms with Crippen LogP contribution in [0.2, 0.25) is 0 Å². The van der Waals surface area contributed by atoms with Gasteiger partial charge < -0.3 is 10.4 Å². The van der Waals surface area contributed by atoms with Gasteiger partial charge in [0.15, 0.2) is 0 Å². The number of rotatable bonds is 4. The fraction of sp³-hybridized carbons (Fsp3) is 0.500. The molecule has 106 valence electrons. The molecule has 2 rings (SSSR count). The van der Waals surface area contributed by atoms with Crippen LogP contribution >= 0.6 is 0 Å². The lowest BCUT2D eigenvalue weighted by molar-refractivity contribution is -0.138. The summed E-state index contributed by atoms with van der Waals surface area (Å²) in [6, 6.07) is 7.72. The van der Waals surface area contributed by atoms with Crippen molar-refractivity contribution in [3.63, 3.8) is 0 Å². The second-order valence-corrected chi connectivity index (χ2v) is 5.68. The Morgan fingerprint density at radius 3 is 2.65 bits per heavy atom. The van der Waals surface area contributed by atoms with Crippen LogP contribution in [0.3, 0.4) is 0 Å². The molecule has 0 aromatic heterocycles. The van der Waals surface area contributed by atoms with E-state index in [9.17, 15) is 4.79 Å². The molecule has 0 aliphatic heterocycles. The molecule has 0 saturated heterocycles. The molecule has 1 aliphatic carbocycles. The number of aryl methyl sites for hydroxylation is 1. The Kier molecular flexibility index (Phi) is 4.29. The smallest absolute Gasteiger partial charge is 0.305 e. The monoisotopic (exact) mass is 272 g/mol. The second kappa shape index (κ2) is 5.96. The third kappa shape index (κ3) is 3.30. The van der Waals surface area contributed by atoms with Gasteiger partial charge in [-0.05, 0) is 43.5 Å². The first kappa shape index (κ1) is 14.4. The number of carboxylic acids is 1. The van der Waals surface area contributed by atoms with Gasteiger partial charge in [0.1, 0.15) is 0 Å². The Labute approximate surface area is 119 Å². The van der Waals surface area contributed by atoms with E-state index in [0.717, 1.165) is 36.9 Å². The standard InChI is InChI=1S/C16H20N2O2/c1-12-9-14(6-5-13(12)11-17)18-16(10-15(19)20)7-3-2-4-8-16/h5-6,9,18H,2-4,7-8,10H2,1H3,(H,19,20). The largest absolute Gasteiger partial charge is 0.481 e. The minimum Gasteiger partial charge on any atom is -0.481 e. The summed E-state index contributed by atoms with van der Waals surface area (Å²) in [6.45, 7) is 1.90. The van der Waals surface area contributed by atoms with Crippen LogP contribution in [0.5, 0.6) is 0 Å². The van der Waals surface area contributed by atoms with E-state index in [1.807, 2.05) is 19.1 Å². The molecule has 0 bridgehead atoms. The molecule has 2 N–H and O–H groups in total. The number of hydrogen-bond donors (Lipinski definition) is 2. The number of nitrogens with zero attached hydrogens (tertiary/aromatic N) is 1. The van der Waals surface area contributed by atoms with Crippen molar-refractivity contribution in [2.75, 3.05) is 5.32 Å². The van der Waals surface area contributed by atoms with E-state index in [1.54, 1.807) is 6.07 Å². The van der Waals surface area contributed by atoms with Crippen LogP contribution in [0.1, 0.15) is 49.7 Å². The number of hydrogen-bond acceptors (Lipinski definition) is 3.